The Balaban J connectivity index is 2.64. The van der Waals surface area contributed by atoms with Crippen LogP contribution >= 0.6 is 11.8 Å². The van der Waals surface area contributed by atoms with Crippen molar-refractivity contribution in [2.75, 3.05) is 0 Å². The molecule has 0 amide bonds. The van der Waals surface area contributed by atoms with E-state index < -0.39 is 0 Å². The zero-order valence-corrected chi connectivity index (χ0v) is 10.4. The van der Waals surface area contributed by atoms with Crippen molar-refractivity contribution in [3.05, 3.63) is 29.8 Å². The van der Waals surface area contributed by atoms with Crippen molar-refractivity contribution >= 4 is 11.8 Å². The molecule has 1 heteroatoms. The van der Waals surface area contributed by atoms with Gasteiger partial charge in [0.25, 0.3) is 0 Å². The maximum atomic E-state index is 2.28. The molecule has 1 aromatic carbocycles. The van der Waals surface area contributed by atoms with Gasteiger partial charge in [-0.3, -0.25) is 0 Å². The molecule has 0 saturated heterocycles. The van der Waals surface area contributed by atoms with E-state index in [1.807, 2.05) is 11.8 Å². The summed E-state index contributed by atoms with van der Waals surface area (Å²) in [4.78, 5) is 1.39. The fraction of sp³-hybridized carbons (Fsp3) is 0.538. The molecule has 78 valence electrons. The van der Waals surface area contributed by atoms with Gasteiger partial charge in [0.15, 0.2) is 0 Å². The van der Waals surface area contributed by atoms with Gasteiger partial charge in [0, 0.05) is 10.1 Å². The molecule has 0 N–H and O–H groups in total. The van der Waals surface area contributed by atoms with Gasteiger partial charge in [0.2, 0.25) is 0 Å². The van der Waals surface area contributed by atoms with Crippen molar-refractivity contribution in [2.24, 2.45) is 0 Å². The predicted octanol–water partition coefficient (Wildman–Crippen LogP) is 4.70. The molecule has 0 bridgehead atoms. The third-order valence-electron chi connectivity index (χ3n) is 2.46. The maximum Gasteiger partial charge on any atom is 0.00748 e. The molecule has 1 rings (SSSR count). The van der Waals surface area contributed by atoms with Gasteiger partial charge in [-0.05, 0) is 30.0 Å². The average Bonchev–Trinajstić information content (AvgIpc) is 2.18. The number of thioether (sulfide) groups is 1. The molecule has 14 heavy (non-hydrogen) atoms. The third-order valence-corrected chi connectivity index (χ3v) is 3.74. The average molecular weight is 208 g/mol. The zero-order chi connectivity index (χ0) is 10.6. The van der Waals surface area contributed by atoms with Gasteiger partial charge in [0.05, 0.1) is 0 Å². The van der Waals surface area contributed by atoms with Gasteiger partial charge in [-0.25, -0.2) is 0 Å². The number of hydrogen-bond donors (Lipinski definition) is 0. The monoisotopic (exact) mass is 208 g/mol. The predicted molar refractivity (Wildman–Crippen MR) is 66.1 cm³/mol. The highest BCUT2D eigenvalue weighted by molar-refractivity contribution is 7.99. The van der Waals surface area contributed by atoms with Crippen LogP contribution in [0.1, 0.15) is 45.6 Å². The summed E-state index contributed by atoms with van der Waals surface area (Å²) in [5, 5.41) is 0.722. The molecular weight excluding hydrogens is 188 g/mol. The van der Waals surface area contributed by atoms with Crippen LogP contribution in [-0.2, 0) is 0 Å². The number of benzene rings is 1. The van der Waals surface area contributed by atoms with Gasteiger partial charge >= 0.3 is 0 Å². The molecule has 0 spiro atoms. The van der Waals surface area contributed by atoms with E-state index in [4.69, 9.17) is 0 Å². The highest BCUT2D eigenvalue weighted by Gasteiger charge is 2.02. The normalized spacial score (nSPS) is 13.2. The number of rotatable bonds is 4. The van der Waals surface area contributed by atoms with Gasteiger partial charge in [-0.2, -0.15) is 0 Å². The van der Waals surface area contributed by atoms with Gasteiger partial charge < -0.3 is 0 Å². The fourth-order valence-electron chi connectivity index (χ4n) is 1.25. The Bertz CT molecular complexity index is 261. The summed E-state index contributed by atoms with van der Waals surface area (Å²) in [5.41, 5.74) is 1.43. The molecule has 1 aromatic rings. The second-order valence-corrected chi connectivity index (χ2v) is 5.57. The van der Waals surface area contributed by atoms with Crippen molar-refractivity contribution < 1.29 is 0 Å². The Kier molecular flexibility index (Phi) is 4.53. The first-order chi connectivity index (χ1) is 6.63. The van der Waals surface area contributed by atoms with Crippen molar-refractivity contribution in [3.8, 4) is 0 Å². The Hall–Kier alpha value is -0.430. The van der Waals surface area contributed by atoms with Gasteiger partial charge in [0.1, 0.15) is 0 Å². The van der Waals surface area contributed by atoms with Crippen molar-refractivity contribution in [1.82, 2.24) is 0 Å². The van der Waals surface area contributed by atoms with Crippen LogP contribution < -0.4 is 0 Å². The van der Waals surface area contributed by atoms with Crippen molar-refractivity contribution in [1.29, 1.82) is 0 Å². The van der Waals surface area contributed by atoms with E-state index in [-0.39, 0.29) is 0 Å². The molecule has 1 atom stereocenters. The van der Waals surface area contributed by atoms with Crippen LogP contribution in [0.15, 0.2) is 29.2 Å². The van der Waals surface area contributed by atoms with Crippen molar-refractivity contribution in [3.63, 3.8) is 0 Å². The highest BCUT2D eigenvalue weighted by Crippen LogP contribution is 2.26. The Morgan fingerprint density at radius 1 is 1.07 bits per heavy atom. The van der Waals surface area contributed by atoms with E-state index in [1.165, 1.54) is 16.9 Å². The standard InChI is InChI=1S/C13H20S/c1-5-11(4)14-13-8-6-12(7-9-13)10(2)3/h6-11H,5H2,1-4H3. The summed E-state index contributed by atoms with van der Waals surface area (Å²) in [6.07, 6.45) is 1.23. The highest BCUT2D eigenvalue weighted by atomic mass is 32.2. The maximum absolute atomic E-state index is 2.28. The molecule has 0 heterocycles. The van der Waals surface area contributed by atoms with Crippen molar-refractivity contribution in [2.45, 2.75) is 50.2 Å². The Morgan fingerprint density at radius 2 is 1.64 bits per heavy atom. The smallest absolute Gasteiger partial charge is 0.00748 e. The topological polar surface area (TPSA) is 0 Å². The lowest BCUT2D eigenvalue weighted by Gasteiger charge is -2.09. The summed E-state index contributed by atoms with van der Waals surface area (Å²) in [6, 6.07) is 8.98. The molecule has 0 aliphatic rings. The van der Waals surface area contributed by atoms with E-state index >= 15 is 0 Å². The summed E-state index contributed by atoms with van der Waals surface area (Å²) in [5.74, 6) is 0.637. The van der Waals surface area contributed by atoms with Crippen LogP contribution in [0.4, 0.5) is 0 Å². The SMILES string of the molecule is CCC(C)Sc1ccc(C(C)C)cc1. The molecule has 0 aliphatic heterocycles. The molecular formula is C13H20S. The van der Waals surface area contributed by atoms with Crippen LogP contribution in [0.2, 0.25) is 0 Å². The van der Waals surface area contributed by atoms with E-state index in [9.17, 15) is 0 Å². The largest absolute Gasteiger partial charge is 0.123 e. The first-order valence-corrected chi connectivity index (χ1v) is 6.28. The molecule has 0 saturated carbocycles. The van der Waals surface area contributed by atoms with Crippen LogP contribution in [0.5, 0.6) is 0 Å². The minimum absolute atomic E-state index is 0.637. The number of hydrogen-bond acceptors (Lipinski definition) is 1. The summed E-state index contributed by atoms with van der Waals surface area (Å²) >= 11 is 1.96. The van der Waals surface area contributed by atoms with E-state index in [1.54, 1.807) is 0 Å². The van der Waals surface area contributed by atoms with Gasteiger partial charge in [-0.15, -0.1) is 11.8 Å². The zero-order valence-electron chi connectivity index (χ0n) is 9.58. The molecule has 0 radical (unpaired) electrons. The first-order valence-electron chi connectivity index (χ1n) is 5.40. The first kappa shape index (κ1) is 11.6. The summed E-state index contributed by atoms with van der Waals surface area (Å²) in [7, 11) is 0. The third kappa shape index (κ3) is 3.38. The fourth-order valence-corrected chi connectivity index (χ4v) is 2.17. The lowest BCUT2D eigenvalue weighted by molar-refractivity contribution is 0.864. The summed E-state index contributed by atoms with van der Waals surface area (Å²) in [6.45, 7) is 8.98. The van der Waals surface area contributed by atoms with E-state index in [0.717, 1.165) is 5.25 Å². The molecule has 0 aliphatic carbocycles. The molecule has 1 unspecified atom stereocenters. The molecule has 0 fully saturated rings. The second kappa shape index (κ2) is 5.45. The minimum Gasteiger partial charge on any atom is -0.123 e. The summed E-state index contributed by atoms with van der Waals surface area (Å²) < 4.78 is 0. The van der Waals surface area contributed by atoms with Crippen LogP contribution in [-0.4, -0.2) is 5.25 Å². The van der Waals surface area contributed by atoms with Crippen LogP contribution in [0, 0.1) is 0 Å². The van der Waals surface area contributed by atoms with E-state index in [0.29, 0.717) is 5.92 Å². The van der Waals surface area contributed by atoms with Crippen LogP contribution in [0.25, 0.3) is 0 Å². The molecule has 0 nitrogen and oxygen atoms in total. The molecule has 0 aromatic heterocycles. The second-order valence-electron chi connectivity index (χ2n) is 4.06. The van der Waals surface area contributed by atoms with Gasteiger partial charge in [-0.1, -0.05) is 39.8 Å². The van der Waals surface area contributed by atoms with Crippen LogP contribution in [0.3, 0.4) is 0 Å². The Morgan fingerprint density at radius 3 is 2.07 bits per heavy atom. The lowest BCUT2D eigenvalue weighted by atomic mass is 10.0. The quantitative estimate of drug-likeness (QED) is 0.646. The Labute approximate surface area is 92.1 Å². The lowest BCUT2D eigenvalue weighted by Crippen LogP contribution is -1.92. The minimum atomic E-state index is 0.637. The van der Waals surface area contributed by atoms with E-state index in [2.05, 4.69) is 52.0 Å².